The third-order valence-electron chi connectivity index (χ3n) is 4.37. The molecule has 2 aromatic carbocycles. The van der Waals surface area contributed by atoms with E-state index in [4.69, 9.17) is 11.6 Å². The van der Waals surface area contributed by atoms with Crippen molar-refractivity contribution in [3.63, 3.8) is 0 Å². The molecule has 7 nitrogen and oxygen atoms in total. The van der Waals surface area contributed by atoms with Crippen LogP contribution in [0.1, 0.15) is 20.8 Å². The number of hydrogen-bond donors (Lipinski definition) is 2. The van der Waals surface area contributed by atoms with Gasteiger partial charge in [-0.15, -0.1) is 0 Å². The van der Waals surface area contributed by atoms with E-state index in [0.29, 0.717) is 33.3 Å². The molecule has 0 saturated carbocycles. The number of urea groups is 1. The molecular weight excluding hydrogens is 436 g/mol. The predicted octanol–water partition coefficient (Wildman–Crippen LogP) is 4.00. The largest absolute Gasteiger partial charge is 0.338 e. The van der Waals surface area contributed by atoms with Crippen molar-refractivity contribution in [3.8, 4) is 5.69 Å². The van der Waals surface area contributed by atoms with E-state index in [1.54, 1.807) is 55.5 Å². The van der Waals surface area contributed by atoms with Crippen LogP contribution in [0.4, 0.5) is 4.79 Å². The summed E-state index contributed by atoms with van der Waals surface area (Å²) >= 11 is 7.22. The summed E-state index contributed by atoms with van der Waals surface area (Å²) in [6.07, 6.45) is 0. The molecule has 3 aromatic rings. The second-order valence-corrected chi connectivity index (χ2v) is 9.13. The minimum Gasteiger partial charge on any atom is -0.338 e. The third kappa shape index (κ3) is 5.65. The van der Waals surface area contributed by atoms with Gasteiger partial charge in [0.1, 0.15) is 0 Å². The van der Waals surface area contributed by atoms with Crippen LogP contribution in [0.5, 0.6) is 0 Å². The van der Waals surface area contributed by atoms with E-state index in [1.807, 2.05) is 13.8 Å². The Morgan fingerprint density at radius 2 is 1.87 bits per heavy atom. The van der Waals surface area contributed by atoms with Crippen molar-refractivity contribution < 1.29 is 9.59 Å². The molecule has 0 bridgehead atoms. The van der Waals surface area contributed by atoms with Crippen molar-refractivity contribution in [1.82, 2.24) is 20.2 Å². The SMILES string of the molecule is CC(C)CNC(=O)NC(=O)C(C)Sc1nc2ccccc2c(=O)n1-c1cccc(Cl)c1. The van der Waals surface area contributed by atoms with Crippen LogP contribution >= 0.6 is 23.4 Å². The quantitative estimate of drug-likeness (QED) is 0.430. The van der Waals surface area contributed by atoms with Crippen LogP contribution in [0.25, 0.3) is 16.6 Å². The van der Waals surface area contributed by atoms with Crippen molar-refractivity contribution in [2.24, 2.45) is 5.92 Å². The summed E-state index contributed by atoms with van der Waals surface area (Å²) in [6.45, 7) is 6.03. The average Bonchev–Trinajstić information content (AvgIpc) is 2.72. The van der Waals surface area contributed by atoms with Crippen LogP contribution in [0.15, 0.2) is 58.5 Å². The zero-order valence-electron chi connectivity index (χ0n) is 17.4. The molecule has 31 heavy (non-hydrogen) atoms. The standard InChI is InChI=1S/C22H23ClN4O3S/c1-13(2)12-24-21(30)26-19(28)14(3)31-22-25-18-10-5-4-9-17(18)20(29)27(22)16-8-6-7-15(23)11-16/h4-11,13-14H,12H2,1-3H3,(H2,24,26,28,30). The first-order valence-electron chi connectivity index (χ1n) is 9.79. The van der Waals surface area contributed by atoms with Crippen molar-refractivity contribution in [2.45, 2.75) is 31.2 Å². The van der Waals surface area contributed by atoms with Gasteiger partial charge in [0.2, 0.25) is 5.91 Å². The lowest BCUT2D eigenvalue weighted by atomic mass is 10.2. The zero-order valence-corrected chi connectivity index (χ0v) is 19.0. The number of carbonyl (C=O) groups is 2. The molecule has 0 aliphatic carbocycles. The van der Waals surface area contributed by atoms with Gasteiger partial charge in [-0.25, -0.2) is 9.78 Å². The molecule has 3 amide bonds. The molecule has 1 aromatic heterocycles. The maximum atomic E-state index is 13.2. The summed E-state index contributed by atoms with van der Waals surface area (Å²) in [5, 5.41) is 5.55. The number of halogens is 1. The summed E-state index contributed by atoms with van der Waals surface area (Å²) in [4.78, 5) is 42.3. The first kappa shape index (κ1) is 22.8. The lowest BCUT2D eigenvalue weighted by Crippen LogP contribution is -2.43. The number of para-hydroxylation sites is 1. The molecule has 0 saturated heterocycles. The predicted molar refractivity (Wildman–Crippen MR) is 124 cm³/mol. The van der Waals surface area contributed by atoms with Crippen molar-refractivity contribution in [2.75, 3.05) is 6.54 Å². The van der Waals surface area contributed by atoms with Gasteiger partial charge in [-0.05, 0) is 43.2 Å². The van der Waals surface area contributed by atoms with Crippen LogP contribution in [0, 0.1) is 5.92 Å². The van der Waals surface area contributed by atoms with E-state index in [2.05, 4.69) is 15.6 Å². The van der Waals surface area contributed by atoms with E-state index >= 15 is 0 Å². The molecule has 9 heteroatoms. The number of amides is 3. The highest BCUT2D eigenvalue weighted by molar-refractivity contribution is 8.00. The topological polar surface area (TPSA) is 93.1 Å². The van der Waals surface area contributed by atoms with E-state index in [9.17, 15) is 14.4 Å². The molecule has 162 valence electrons. The van der Waals surface area contributed by atoms with Crippen molar-refractivity contribution in [1.29, 1.82) is 0 Å². The number of carbonyl (C=O) groups excluding carboxylic acids is 2. The number of imide groups is 1. The van der Waals surface area contributed by atoms with Crippen molar-refractivity contribution >= 4 is 46.2 Å². The number of nitrogens with one attached hydrogen (secondary N) is 2. The molecule has 3 rings (SSSR count). The Hall–Kier alpha value is -2.84. The smallest absolute Gasteiger partial charge is 0.321 e. The normalized spacial score (nSPS) is 12.0. The van der Waals surface area contributed by atoms with E-state index in [-0.39, 0.29) is 11.5 Å². The monoisotopic (exact) mass is 458 g/mol. The van der Waals surface area contributed by atoms with Gasteiger partial charge in [-0.1, -0.05) is 55.4 Å². The lowest BCUT2D eigenvalue weighted by Gasteiger charge is -2.16. The molecule has 2 N–H and O–H groups in total. The maximum absolute atomic E-state index is 13.2. The Bertz CT molecular complexity index is 1180. The zero-order chi connectivity index (χ0) is 22.5. The van der Waals surface area contributed by atoms with Gasteiger partial charge in [0.25, 0.3) is 5.56 Å². The molecule has 0 aliphatic heterocycles. The summed E-state index contributed by atoms with van der Waals surface area (Å²) in [7, 11) is 0. The summed E-state index contributed by atoms with van der Waals surface area (Å²) in [5.41, 5.74) is 0.800. The number of benzene rings is 2. The average molecular weight is 459 g/mol. The van der Waals surface area contributed by atoms with Gasteiger partial charge in [0.15, 0.2) is 5.16 Å². The molecule has 1 unspecified atom stereocenters. The number of hydrogen-bond acceptors (Lipinski definition) is 5. The first-order valence-corrected chi connectivity index (χ1v) is 11.0. The number of nitrogens with zero attached hydrogens (tertiary/aromatic N) is 2. The molecular formula is C22H23ClN4O3S. The third-order valence-corrected chi connectivity index (χ3v) is 5.66. The highest BCUT2D eigenvalue weighted by atomic mass is 35.5. The van der Waals surface area contributed by atoms with E-state index in [0.717, 1.165) is 11.8 Å². The molecule has 1 heterocycles. The second-order valence-electron chi connectivity index (χ2n) is 7.39. The summed E-state index contributed by atoms with van der Waals surface area (Å²) in [5.74, 6) is -0.215. The fraction of sp³-hybridized carbons (Fsp3) is 0.273. The van der Waals surface area contributed by atoms with Gasteiger partial charge < -0.3 is 5.32 Å². The Morgan fingerprint density at radius 1 is 1.13 bits per heavy atom. The van der Waals surface area contributed by atoms with Crippen LogP contribution in [-0.2, 0) is 4.79 Å². The lowest BCUT2D eigenvalue weighted by molar-refractivity contribution is -0.119. The highest BCUT2D eigenvalue weighted by Crippen LogP contribution is 2.26. The summed E-state index contributed by atoms with van der Waals surface area (Å²) < 4.78 is 1.43. The molecule has 0 radical (unpaired) electrons. The number of thioether (sulfide) groups is 1. The van der Waals surface area contributed by atoms with Crippen LogP contribution in [-0.4, -0.2) is 33.3 Å². The first-order chi connectivity index (χ1) is 14.8. The fourth-order valence-electron chi connectivity index (χ4n) is 2.80. The highest BCUT2D eigenvalue weighted by Gasteiger charge is 2.22. The van der Waals surface area contributed by atoms with Gasteiger partial charge in [0.05, 0.1) is 21.8 Å². The Kier molecular flexibility index (Phi) is 7.35. The summed E-state index contributed by atoms with van der Waals surface area (Å²) in [6, 6.07) is 13.3. The maximum Gasteiger partial charge on any atom is 0.321 e. The number of aromatic nitrogens is 2. The van der Waals surface area contributed by atoms with Crippen LogP contribution < -0.4 is 16.2 Å². The minimum absolute atomic E-state index is 0.265. The minimum atomic E-state index is -0.678. The molecule has 1 atom stereocenters. The molecule has 0 spiro atoms. The molecule has 0 aliphatic rings. The Balaban J connectivity index is 1.94. The van der Waals surface area contributed by atoms with E-state index < -0.39 is 17.2 Å². The van der Waals surface area contributed by atoms with Crippen LogP contribution in [0.3, 0.4) is 0 Å². The van der Waals surface area contributed by atoms with Crippen LogP contribution in [0.2, 0.25) is 5.02 Å². The van der Waals surface area contributed by atoms with Gasteiger partial charge in [-0.3, -0.25) is 19.5 Å². The number of fused-ring (bicyclic) bond motifs is 1. The van der Waals surface area contributed by atoms with Gasteiger partial charge in [-0.2, -0.15) is 0 Å². The fourth-order valence-corrected chi connectivity index (χ4v) is 3.91. The van der Waals surface area contributed by atoms with Crippen molar-refractivity contribution in [3.05, 3.63) is 63.9 Å². The van der Waals surface area contributed by atoms with Gasteiger partial charge >= 0.3 is 6.03 Å². The van der Waals surface area contributed by atoms with E-state index in [1.165, 1.54) is 4.57 Å². The molecule has 0 fully saturated rings. The Labute approximate surface area is 189 Å². The Morgan fingerprint density at radius 3 is 2.58 bits per heavy atom. The second kappa shape index (κ2) is 9.98. The van der Waals surface area contributed by atoms with Gasteiger partial charge in [0, 0.05) is 11.6 Å². The number of rotatable bonds is 6.